The third-order valence-electron chi connectivity index (χ3n) is 6.77. The molecule has 4 aliphatic rings. The van der Waals surface area contributed by atoms with E-state index >= 15 is 0 Å². The summed E-state index contributed by atoms with van der Waals surface area (Å²) in [6.07, 6.45) is 8.84. The SMILES string of the molecule is O=C1COc2ccc(F)cc2N1CCCN1C2CCC1CC(OCC1CC1)C2. The molecule has 2 bridgehead atoms. The van der Waals surface area contributed by atoms with Gasteiger partial charge in [-0.3, -0.25) is 9.69 Å². The van der Waals surface area contributed by atoms with Gasteiger partial charge in [0, 0.05) is 37.8 Å². The normalized spacial score (nSPS) is 29.7. The third-order valence-corrected chi connectivity index (χ3v) is 6.77. The van der Waals surface area contributed by atoms with Crippen molar-refractivity contribution < 1.29 is 18.7 Å². The van der Waals surface area contributed by atoms with Crippen LogP contribution >= 0.6 is 0 Å². The van der Waals surface area contributed by atoms with Crippen LogP contribution in [0.3, 0.4) is 0 Å². The van der Waals surface area contributed by atoms with E-state index in [9.17, 15) is 9.18 Å². The molecule has 0 spiro atoms. The van der Waals surface area contributed by atoms with Gasteiger partial charge in [-0.25, -0.2) is 4.39 Å². The number of amides is 1. The van der Waals surface area contributed by atoms with E-state index in [1.54, 1.807) is 11.0 Å². The molecule has 0 radical (unpaired) electrons. The minimum absolute atomic E-state index is 0.0353. The van der Waals surface area contributed by atoms with Crippen LogP contribution in [0.1, 0.15) is 44.9 Å². The molecule has 2 atom stereocenters. The molecule has 1 aromatic rings. The Morgan fingerprint density at radius 1 is 1.11 bits per heavy atom. The third kappa shape index (κ3) is 3.77. The Bertz CT molecular complexity index is 724. The molecule has 28 heavy (non-hydrogen) atoms. The topological polar surface area (TPSA) is 42.0 Å². The smallest absolute Gasteiger partial charge is 0.265 e. The van der Waals surface area contributed by atoms with Crippen molar-refractivity contribution in [1.29, 1.82) is 0 Å². The van der Waals surface area contributed by atoms with Crippen LogP contribution in [0.25, 0.3) is 0 Å². The van der Waals surface area contributed by atoms with Crippen LogP contribution in [0.4, 0.5) is 10.1 Å². The van der Waals surface area contributed by atoms with Crippen LogP contribution in [0, 0.1) is 11.7 Å². The summed E-state index contributed by atoms with van der Waals surface area (Å²) in [4.78, 5) is 16.6. The average Bonchev–Trinajstić information content (AvgIpc) is 3.48. The number of hydrogen-bond acceptors (Lipinski definition) is 4. The fourth-order valence-electron chi connectivity index (χ4n) is 5.11. The molecule has 152 valence electrons. The summed E-state index contributed by atoms with van der Waals surface area (Å²) in [6, 6.07) is 5.62. The zero-order chi connectivity index (χ0) is 19.1. The predicted octanol–water partition coefficient (Wildman–Crippen LogP) is 3.36. The molecule has 0 N–H and O–H groups in total. The zero-order valence-corrected chi connectivity index (χ0v) is 16.3. The maximum atomic E-state index is 13.7. The number of piperidine rings is 1. The van der Waals surface area contributed by atoms with Crippen molar-refractivity contribution in [3.8, 4) is 5.75 Å². The summed E-state index contributed by atoms with van der Waals surface area (Å²) in [5.74, 6) is 0.991. The highest BCUT2D eigenvalue weighted by Gasteiger charge is 2.41. The number of hydrogen-bond donors (Lipinski definition) is 0. The highest BCUT2D eigenvalue weighted by Crippen LogP contribution is 2.38. The Labute approximate surface area is 165 Å². The van der Waals surface area contributed by atoms with E-state index in [2.05, 4.69) is 4.90 Å². The fraction of sp³-hybridized carbons (Fsp3) is 0.682. The van der Waals surface area contributed by atoms with E-state index in [0.717, 1.165) is 38.3 Å². The van der Waals surface area contributed by atoms with Crippen LogP contribution in [-0.2, 0) is 9.53 Å². The zero-order valence-electron chi connectivity index (χ0n) is 16.3. The van der Waals surface area contributed by atoms with Crippen LogP contribution in [-0.4, -0.2) is 55.3 Å². The second kappa shape index (κ2) is 7.64. The lowest BCUT2D eigenvalue weighted by Gasteiger charge is -2.39. The molecule has 2 unspecified atom stereocenters. The molecule has 3 fully saturated rings. The van der Waals surface area contributed by atoms with E-state index in [-0.39, 0.29) is 18.3 Å². The molecule has 1 aliphatic carbocycles. The number of rotatable bonds is 7. The summed E-state index contributed by atoms with van der Waals surface area (Å²) >= 11 is 0. The monoisotopic (exact) mass is 388 g/mol. The number of fused-ring (bicyclic) bond motifs is 3. The molecule has 5 rings (SSSR count). The minimum Gasteiger partial charge on any atom is -0.482 e. The second-order valence-electron chi connectivity index (χ2n) is 8.79. The molecule has 3 aliphatic heterocycles. The maximum Gasteiger partial charge on any atom is 0.265 e. The maximum absolute atomic E-state index is 13.7. The van der Waals surface area contributed by atoms with E-state index in [0.29, 0.717) is 36.2 Å². The van der Waals surface area contributed by atoms with Gasteiger partial charge >= 0.3 is 0 Å². The first-order valence-corrected chi connectivity index (χ1v) is 10.8. The molecule has 5 nitrogen and oxygen atoms in total. The lowest BCUT2D eigenvalue weighted by molar-refractivity contribution is -0.121. The predicted molar refractivity (Wildman–Crippen MR) is 104 cm³/mol. The molecule has 3 heterocycles. The number of carbonyl (C=O) groups is 1. The fourth-order valence-corrected chi connectivity index (χ4v) is 5.11. The van der Waals surface area contributed by atoms with Crippen molar-refractivity contribution in [3.05, 3.63) is 24.0 Å². The van der Waals surface area contributed by atoms with Gasteiger partial charge in [0.2, 0.25) is 0 Å². The first-order chi connectivity index (χ1) is 13.7. The van der Waals surface area contributed by atoms with Crippen molar-refractivity contribution >= 4 is 11.6 Å². The van der Waals surface area contributed by atoms with Crippen molar-refractivity contribution in [1.82, 2.24) is 4.90 Å². The number of anilines is 1. The Hall–Kier alpha value is -1.66. The van der Waals surface area contributed by atoms with E-state index in [4.69, 9.17) is 9.47 Å². The Balaban J connectivity index is 1.15. The van der Waals surface area contributed by atoms with Gasteiger partial charge in [-0.05, 0) is 63.0 Å². The van der Waals surface area contributed by atoms with Crippen molar-refractivity contribution in [2.45, 2.75) is 63.1 Å². The van der Waals surface area contributed by atoms with Gasteiger partial charge in [0.25, 0.3) is 5.91 Å². The van der Waals surface area contributed by atoms with Gasteiger partial charge in [0.05, 0.1) is 11.8 Å². The Morgan fingerprint density at radius 3 is 2.64 bits per heavy atom. The van der Waals surface area contributed by atoms with Gasteiger partial charge < -0.3 is 14.4 Å². The molecule has 0 aromatic heterocycles. The summed E-state index contributed by atoms with van der Waals surface area (Å²) < 4.78 is 25.3. The van der Waals surface area contributed by atoms with E-state index < -0.39 is 0 Å². The quantitative estimate of drug-likeness (QED) is 0.718. The number of halogens is 1. The second-order valence-corrected chi connectivity index (χ2v) is 8.79. The van der Waals surface area contributed by atoms with Gasteiger partial charge in [-0.15, -0.1) is 0 Å². The highest BCUT2D eigenvalue weighted by molar-refractivity contribution is 5.97. The Morgan fingerprint density at radius 2 is 1.89 bits per heavy atom. The van der Waals surface area contributed by atoms with Gasteiger partial charge in [-0.1, -0.05) is 0 Å². The van der Waals surface area contributed by atoms with Crippen LogP contribution in [0.5, 0.6) is 5.75 Å². The summed E-state index contributed by atoms with van der Waals surface area (Å²) in [7, 11) is 0. The largest absolute Gasteiger partial charge is 0.482 e. The van der Waals surface area contributed by atoms with Crippen LogP contribution < -0.4 is 9.64 Å². The van der Waals surface area contributed by atoms with Crippen molar-refractivity contribution in [2.75, 3.05) is 31.2 Å². The lowest BCUT2D eigenvalue weighted by atomic mass is 9.99. The molecule has 1 aromatic carbocycles. The number of benzene rings is 1. The van der Waals surface area contributed by atoms with Gasteiger partial charge in [-0.2, -0.15) is 0 Å². The van der Waals surface area contributed by atoms with E-state index in [1.807, 2.05) is 0 Å². The molecule has 1 amide bonds. The Kier molecular flexibility index (Phi) is 5.01. The number of ether oxygens (including phenoxy) is 2. The number of nitrogens with zero attached hydrogens (tertiary/aromatic N) is 2. The van der Waals surface area contributed by atoms with Crippen LogP contribution in [0.15, 0.2) is 18.2 Å². The lowest BCUT2D eigenvalue weighted by Crippen LogP contribution is -2.47. The standard InChI is InChI=1S/C22H29FN2O3/c23-16-4-7-21-20(10-16)25(22(26)14-28-21)9-1-8-24-17-5-6-18(24)12-19(11-17)27-13-15-2-3-15/h4,7,10,15,17-19H,1-3,5-6,8-9,11-14H2. The molecule has 1 saturated carbocycles. The van der Waals surface area contributed by atoms with Gasteiger partial charge in [0.15, 0.2) is 6.61 Å². The van der Waals surface area contributed by atoms with E-state index in [1.165, 1.54) is 37.8 Å². The number of carbonyl (C=O) groups excluding carboxylic acids is 1. The van der Waals surface area contributed by atoms with Crippen LogP contribution in [0.2, 0.25) is 0 Å². The first-order valence-electron chi connectivity index (χ1n) is 10.8. The summed E-state index contributed by atoms with van der Waals surface area (Å²) in [5, 5.41) is 0. The highest BCUT2D eigenvalue weighted by atomic mass is 19.1. The average molecular weight is 388 g/mol. The molecular weight excluding hydrogens is 359 g/mol. The van der Waals surface area contributed by atoms with Crippen molar-refractivity contribution in [2.24, 2.45) is 5.92 Å². The summed E-state index contributed by atoms with van der Waals surface area (Å²) in [6.45, 7) is 2.59. The molecule has 2 saturated heterocycles. The molecule has 6 heteroatoms. The van der Waals surface area contributed by atoms with Gasteiger partial charge in [0.1, 0.15) is 11.6 Å². The van der Waals surface area contributed by atoms with Crippen molar-refractivity contribution in [3.63, 3.8) is 0 Å². The first kappa shape index (κ1) is 18.4. The molecular formula is C22H29FN2O3. The minimum atomic E-state index is -0.339. The summed E-state index contributed by atoms with van der Waals surface area (Å²) in [5.41, 5.74) is 0.561.